The van der Waals surface area contributed by atoms with Crippen LogP contribution in [0.3, 0.4) is 0 Å². The summed E-state index contributed by atoms with van der Waals surface area (Å²) in [6.07, 6.45) is 0. The lowest BCUT2D eigenvalue weighted by atomic mass is 10.2. The molecule has 2 rings (SSSR count). The van der Waals surface area contributed by atoms with Crippen molar-refractivity contribution in [3.05, 3.63) is 30.1 Å². The highest BCUT2D eigenvalue weighted by atomic mass is 19.1. The molecule has 0 unspecified atom stereocenters. The van der Waals surface area contributed by atoms with E-state index in [1.807, 2.05) is 0 Å². The summed E-state index contributed by atoms with van der Waals surface area (Å²) in [5.74, 6) is 0.565. The predicted molar refractivity (Wildman–Crippen MR) is 50.8 cm³/mol. The lowest BCUT2D eigenvalue weighted by Gasteiger charge is -2.00. The third-order valence-corrected chi connectivity index (χ3v) is 1.99. The van der Waals surface area contributed by atoms with Gasteiger partial charge in [-0.2, -0.15) is 0 Å². The first-order valence-corrected chi connectivity index (χ1v) is 4.09. The third-order valence-electron chi connectivity index (χ3n) is 1.99. The summed E-state index contributed by atoms with van der Waals surface area (Å²) in [4.78, 5) is 0. The normalized spacial score (nSPS) is 10.4. The fraction of sp³-hybridized carbons (Fsp3) is 0.111. The van der Waals surface area contributed by atoms with Gasteiger partial charge in [0, 0.05) is 12.6 Å². The lowest BCUT2D eigenvalue weighted by molar-refractivity contribution is 0.628. The van der Waals surface area contributed by atoms with Crippen molar-refractivity contribution in [1.29, 1.82) is 0 Å². The van der Waals surface area contributed by atoms with Gasteiger partial charge in [-0.25, -0.2) is 4.39 Å². The first-order valence-electron chi connectivity index (χ1n) is 4.09. The molecule has 0 fully saturated rings. The minimum atomic E-state index is -0.302. The van der Waals surface area contributed by atoms with Gasteiger partial charge in [0.25, 0.3) is 0 Å². The molecule has 4 nitrogen and oxygen atoms in total. The Balaban J connectivity index is 2.55. The Hall–Kier alpha value is -1.91. The quantitative estimate of drug-likeness (QED) is 0.738. The summed E-state index contributed by atoms with van der Waals surface area (Å²) in [7, 11) is 1.73. The van der Waals surface area contributed by atoms with Gasteiger partial charge in [-0.3, -0.25) is 4.57 Å². The van der Waals surface area contributed by atoms with Crippen molar-refractivity contribution in [2.45, 2.75) is 0 Å². The van der Waals surface area contributed by atoms with Gasteiger partial charge < -0.3 is 5.73 Å². The molecule has 2 N–H and O–H groups in total. The molecule has 0 aliphatic rings. The second-order valence-electron chi connectivity index (χ2n) is 2.95. The van der Waals surface area contributed by atoms with E-state index < -0.39 is 0 Å². The van der Waals surface area contributed by atoms with E-state index in [-0.39, 0.29) is 5.82 Å². The van der Waals surface area contributed by atoms with Crippen molar-refractivity contribution in [3.63, 3.8) is 0 Å². The minimum Gasteiger partial charge on any atom is -0.368 e. The number of hydrogen-bond acceptors (Lipinski definition) is 3. The van der Waals surface area contributed by atoms with Gasteiger partial charge in [0.1, 0.15) is 5.82 Å². The Bertz CT molecular complexity index is 464. The van der Waals surface area contributed by atoms with Crippen LogP contribution < -0.4 is 5.73 Å². The molecule has 2 aromatic rings. The summed E-state index contributed by atoms with van der Waals surface area (Å²) in [5, 5.41) is 7.54. The average Bonchev–Trinajstić information content (AvgIpc) is 2.48. The van der Waals surface area contributed by atoms with E-state index in [1.54, 1.807) is 23.7 Å². The van der Waals surface area contributed by atoms with Crippen molar-refractivity contribution >= 4 is 5.95 Å². The van der Waals surface area contributed by atoms with Crippen LogP contribution in [0.4, 0.5) is 10.3 Å². The topological polar surface area (TPSA) is 56.7 Å². The summed E-state index contributed by atoms with van der Waals surface area (Å²) in [6.45, 7) is 0. The predicted octanol–water partition coefficient (Wildman–Crippen LogP) is 1.20. The van der Waals surface area contributed by atoms with Crippen LogP contribution in [0.2, 0.25) is 0 Å². The van der Waals surface area contributed by atoms with Crippen molar-refractivity contribution in [1.82, 2.24) is 14.8 Å². The molecule has 0 radical (unpaired) electrons. The average molecular weight is 192 g/mol. The smallest absolute Gasteiger partial charge is 0.222 e. The van der Waals surface area contributed by atoms with Gasteiger partial charge >= 0.3 is 0 Å². The van der Waals surface area contributed by atoms with Crippen LogP contribution in [0, 0.1) is 5.82 Å². The number of rotatable bonds is 1. The van der Waals surface area contributed by atoms with Gasteiger partial charge in [-0.05, 0) is 12.1 Å². The van der Waals surface area contributed by atoms with E-state index in [9.17, 15) is 4.39 Å². The second kappa shape index (κ2) is 3.10. The maximum Gasteiger partial charge on any atom is 0.222 e. The number of benzene rings is 1. The van der Waals surface area contributed by atoms with Gasteiger partial charge in [0.05, 0.1) is 0 Å². The molecule has 0 saturated carbocycles. The van der Waals surface area contributed by atoms with Crippen LogP contribution in [0.15, 0.2) is 24.3 Å². The lowest BCUT2D eigenvalue weighted by Crippen LogP contribution is -1.98. The molecule has 1 aromatic heterocycles. The van der Waals surface area contributed by atoms with E-state index in [2.05, 4.69) is 10.2 Å². The highest BCUT2D eigenvalue weighted by Crippen LogP contribution is 2.18. The molecule has 0 aliphatic heterocycles. The monoisotopic (exact) mass is 192 g/mol. The third kappa shape index (κ3) is 1.32. The standard InChI is InChI=1S/C9H9FN4/c1-14-8(12-13-9(14)11)6-3-2-4-7(10)5-6/h2-5H,1H3,(H2,11,13). The molecule has 1 aromatic carbocycles. The highest BCUT2D eigenvalue weighted by molar-refractivity contribution is 5.56. The molecule has 0 spiro atoms. The molecule has 0 saturated heterocycles. The van der Waals surface area contributed by atoms with Gasteiger partial charge in [-0.1, -0.05) is 12.1 Å². The van der Waals surface area contributed by atoms with E-state index in [0.717, 1.165) is 0 Å². The number of nitrogens with two attached hydrogens (primary N) is 1. The van der Waals surface area contributed by atoms with Crippen LogP contribution >= 0.6 is 0 Å². The maximum atomic E-state index is 12.9. The Morgan fingerprint density at radius 1 is 1.36 bits per heavy atom. The van der Waals surface area contributed by atoms with Gasteiger partial charge in [0.2, 0.25) is 5.95 Å². The van der Waals surface area contributed by atoms with Crippen LogP contribution in [0.1, 0.15) is 0 Å². The molecule has 72 valence electrons. The zero-order valence-electron chi connectivity index (χ0n) is 7.61. The zero-order chi connectivity index (χ0) is 10.1. The van der Waals surface area contributed by atoms with Crippen molar-refractivity contribution in [2.24, 2.45) is 7.05 Å². The van der Waals surface area contributed by atoms with Crippen molar-refractivity contribution in [2.75, 3.05) is 5.73 Å². The minimum absolute atomic E-state index is 0.302. The number of nitrogens with zero attached hydrogens (tertiary/aromatic N) is 3. The van der Waals surface area contributed by atoms with E-state index in [1.165, 1.54) is 12.1 Å². The molecule has 14 heavy (non-hydrogen) atoms. The molecule has 5 heteroatoms. The van der Waals surface area contributed by atoms with Crippen LogP contribution in [0.5, 0.6) is 0 Å². The number of nitrogen functional groups attached to an aromatic ring is 1. The summed E-state index contributed by atoms with van der Waals surface area (Å²) in [6, 6.07) is 6.15. The van der Waals surface area contributed by atoms with Crippen molar-refractivity contribution in [3.8, 4) is 11.4 Å². The Kier molecular flexibility index (Phi) is 1.92. The number of halogens is 1. The number of aromatic nitrogens is 3. The molecular formula is C9H9FN4. The fourth-order valence-corrected chi connectivity index (χ4v) is 1.22. The van der Waals surface area contributed by atoms with Gasteiger partial charge in [-0.15, -0.1) is 10.2 Å². The summed E-state index contributed by atoms with van der Waals surface area (Å²) >= 11 is 0. The summed E-state index contributed by atoms with van der Waals surface area (Å²) in [5.41, 5.74) is 6.18. The Labute approximate surface area is 80.2 Å². The number of anilines is 1. The fourth-order valence-electron chi connectivity index (χ4n) is 1.22. The van der Waals surface area contributed by atoms with Gasteiger partial charge in [0.15, 0.2) is 5.82 Å². The number of hydrogen-bond donors (Lipinski definition) is 1. The molecule has 0 atom stereocenters. The maximum absolute atomic E-state index is 12.9. The van der Waals surface area contributed by atoms with E-state index in [0.29, 0.717) is 17.3 Å². The first-order chi connectivity index (χ1) is 6.68. The van der Waals surface area contributed by atoms with Crippen LogP contribution in [-0.2, 0) is 7.05 Å². The largest absolute Gasteiger partial charge is 0.368 e. The van der Waals surface area contributed by atoms with E-state index >= 15 is 0 Å². The molecule has 1 heterocycles. The Morgan fingerprint density at radius 2 is 2.14 bits per heavy atom. The molecule has 0 aliphatic carbocycles. The first kappa shape index (κ1) is 8.68. The van der Waals surface area contributed by atoms with E-state index in [4.69, 9.17) is 5.73 Å². The van der Waals surface area contributed by atoms with Crippen molar-refractivity contribution < 1.29 is 4.39 Å². The Morgan fingerprint density at radius 3 is 2.71 bits per heavy atom. The molecule has 0 bridgehead atoms. The summed E-state index contributed by atoms with van der Waals surface area (Å²) < 4.78 is 14.5. The SMILES string of the molecule is Cn1c(N)nnc1-c1cccc(F)c1. The van der Waals surface area contributed by atoms with Crippen LogP contribution in [-0.4, -0.2) is 14.8 Å². The second-order valence-corrected chi connectivity index (χ2v) is 2.95. The van der Waals surface area contributed by atoms with Crippen LogP contribution in [0.25, 0.3) is 11.4 Å². The zero-order valence-corrected chi connectivity index (χ0v) is 7.61. The highest BCUT2D eigenvalue weighted by Gasteiger charge is 2.08. The molecule has 0 amide bonds. The molecular weight excluding hydrogens is 183 g/mol.